The van der Waals surface area contributed by atoms with Gasteiger partial charge in [-0.05, 0) is 6.92 Å². The van der Waals surface area contributed by atoms with E-state index in [1.54, 1.807) is 0 Å². The van der Waals surface area contributed by atoms with Crippen LogP contribution in [0.15, 0.2) is 13.2 Å². The molecule has 0 bridgehead atoms. The summed E-state index contributed by atoms with van der Waals surface area (Å²) < 4.78 is 0. The maximum absolute atomic E-state index is 8.56. The lowest BCUT2D eigenvalue weighted by atomic mass is 10.5. The fourth-order valence-corrected chi connectivity index (χ4v) is 0. The van der Waals surface area contributed by atoms with E-state index in [4.69, 9.17) is 25.2 Å². The summed E-state index contributed by atoms with van der Waals surface area (Å²) in [6, 6.07) is 0. The standard InChI is InChI=1S/C3H8O2.C2H4.CH2O3/c1-3(5)2-4;1-2;2-1(3)4/h3-5H,2H2,1H3;1-2H2;(H2,2,3,4). The first kappa shape index (κ1) is 16.5. The van der Waals surface area contributed by atoms with Crippen LogP contribution in [0.3, 0.4) is 0 Å². The molecule has 1 atom stereocenters. The molecule has 0 spiro atoms. The van der Waals surface area contributed by atoms with Gasteiger partial charge >= 0.3 is 6.16 Å². The molecule has 0 aromatic rings. The smallest absolute Gasteiger partial charge is 0.450 e. The van der Waals surface area contributed by atoms with Crippen molar-refractivity contribution in [3.8, 4) is 0 Å². The van der Waals surface area contributed by atoms with Crippen LogP contribution in [-0.4, -0.2) is 39.3 Å². The minimum atomic E-state index is -1.83. The fraction of sp³-hybridized carbons (Fsp3) is 0.500. The summed E-state index contributed by atoms with van der Waals surface area (Å²) in [5, 5.41) is 29.9. The molecule has 0 saturated carbocycles. The van der Waals surface area contributed by atoms with E-state index in [2.05, 4.69) is 13.2 Å². The third kappa shape index (κ3) is 496. The van der Waals surface area contributed by atoms with Crippen LogP contribution in [-0.2, 0) is 0 Å². The molecule has 1 unspecified atom stereocenters. The predicted octanol–water partition coefficient (Wildman–Crippen LogP) is 0.384. The number of carboxylic acid groups (broad SMARTS) is 2. The Balaban J connectivity index is -0.0000000965. The van der Waals surface area contributed by atoms with E-state index in [0.29, 0.717) is 0 Å². The van der Waals surface area contributed by atoms with E-state index in [0.717, 1.165) is 0 Å². The van der Waals surface area contributed by atoms with Crippen molar-refractivity contribution in [2.24, 2.45) is 0 Å². The van der Waals surface area contributed by atoms with Crippen molar-refractivity contribution in [1.29, 1.82) is 0 Å². The number of rotatable bonds is 1. The maximum Gasteiger partial charge on any atom is 0.503 e. The number of hydrogen-bond donors (Lipinski definition) is 4. The monoisotopic (exact) mass is 166 g/mol. The van der Waals surface area contributed by atoms with Crippen molar-refractivity contribution in [3.63, 3.8) is 0 Å². The van der Waals surface area contributed by atoms with Gasteiger partial charge < -0.3 is 20.4 Å². The number of aliphatic hydroxyl groups is 2. The summed E-state index contributed by atoms with van der Waals surface area (Å²) in [5.41, 5.74) is 0. The SMILES string of the molecule is C=C.CC(O)CO.O=C(O)O. The average molecular weight is 166 g/mol. The van der Waals surface area contributed by atoms with Gasteiger partial charge in [0.25, 0.3) is 0 Å². The highest BCUT2D eigenvalue weighted by atomic mass is 16.6. The van der Waals surface area contributed by atoms with Crippen LogP contribution in [0, 0.1) is 0 Å². The summed E-state index contributed by atoms with van der Waals surface area (Å²) in [5.74, 6) is 0. The Hall–Kier alpha value is -1.07. The first-order valence-electron chi connectivity index (χ1n) is 2.71. The molecule has 0 heterocycles. The van der Waals surface area contributed by atoms with Gasteiger partial charge in [0.05, 0.1) is 12.7 Å². The third-order valence-electron chi connectivity index (χ3n) is 0.264. The van der Waals surface area contributed by atoms with Crippen molar-refractivity contribution in [1.82, 2.24) is 0 Å². The van der Waals surface area contributed by atoms with Crippen LogP contribution in [0.25, 0.3) is 0 Å². The molecular weight excluding hydrogens is 152 g/mol. The molecule has 0 aliphatic heterocycles. The first-order chi connectivity index (χ1) is 5.00. The summed E-state index contributed by atoms with van der Waals surface area (Å²) in [7, 11) is 0. The van der Waals surface area contributed by atoms with Gasteiger partial charge in [-0.25, -0.2) is 4.79 Å². The van der Waals surface area contributed by atoms with Crippen LogP contribution in [0.5, 0.6) is 0 Å². The molecule has 0 rings (SSSR count). The zero-order chi connectivity index (χ0) is 9.86. The van der Waals surface area contributed by atoms with Gasteiger partial charge in [0.2, 0.25) is 0 Å². The molecule has 0 radical (unpaired) electrons. The Morgan fingerprint density at radius 1 is 1.45 bits per heavy atom. The third-order valence-corrected chi connectivity index (χ3v) is 0.264. The largest absolute Gasteiger partial charge is 0.503 e. The van der Waals surface area contributed by atoms with Gasteiger partial charge in [0.1, 0.15) is 0 Å². The van der Waals surface area contributed by atoms with Crippen molar-refractivity contribution >= 4 is 6.16 Å². The van der Waals surface area contributed by atoms with Crippen molar-refractivity contribution in [2.75, 3.05) is 6.61 Å². The molecule has 0 aliphatic rings. The van der Waals surface area contributed by atoms with E-state index in [-0.39, 0.29) is 6.61 Å². The Bertz CT molecular complexity index is 77.0. The highest BCUT2D eigenvalue weighted by Crippen LogP contribution is 1.68. The zero-order valence-corrected chi connectivity index (χ0v) is 6.40. The van der Waals surface area contributed by atoms with Crippen LogP contribution in [0.4, 0.5) is 4.79 Å². The van der Waals surface area contributed by atoms with E-state index >= 15 is 0 Å². The Kier molecular flexibility index (Phi) is 23.9. The molecule has 4 N–H and O–H groups in total. The van der Waals surface area contributed by atoms with Gasteiger partial charge in [-0.1, -0.05) is 0 Å². The van der Waals surface area contributed by atoms with E-state index in [1.165, 1.54) is 6.92 Å². The molecule has 0 saturated heterocycles. The van der Waals surface area contributed by atoms with E-state index < -0.39 is 12.3 Å². The summed E-state index contributed by atoms with van der Waals surface area (Å²) in [6.07, 6.45) is -2.39. The molecule has 0 aromatic carbocycles. The molecule has 0 aliphatic carbocycles. The minimum absolute atomic E-state index is 0.139. The van der Waals surface area contributed by atoms with Gasteiger partial charge in [-0.3, -0.25) is 0 Å². The van der Waals surface area contributed by atoms with E-state index in [1.807, 2.05) is 0 Å². The second-order valence-corrected chi connectivity index (χ2v) is 1.31. The first-order valence-corrected chi connectivity index (χ1v) is 2.71. The van der Waals surface area contributed by atoms with Gasteiger partial charge in [0, 0.05) is 0 Å². The Morgan fingerprint density at radius 2 is 1.55 bits per heavy atom. The average Bonchev–Trinajstić information content (AvgIpc) is 1.91. The topological polar surface area (TPSA) is 98.0 Å². The molecule has 11 heavy (non-hydrogen) atoms. The number of carbonyl (C=O) groups is 1. The Morgan fingerprint density at radius 3 is 1.55 bits per heavy atom. The van der Waals surface area contributed by atoms with Gasteiger partial charge in [0.15, 0.2) is 0 Å². The fourth-order valence-electron chi connectivity index (χ4n) is 0. The zero-order valence-electron chi connectivity index (χ0n) is 6.40. The van der Waals surface area contributed by atoms with Gasteiger partial charge in [-0.2, -0.15) is 0 Å². The second-order valence-electron chi connectivity index (χ2n) is 1.31. The second kappa shape index (κ2) is 16.0. The highest BCUT2D eigenvalue weighted by molar-refractivity contribution is 5.53. The maximum atomic E-state index is 8.56. The molecular formula is C6H14O5. The van der Waals surface area contributed by atoms with Crippen LogP contribution >= 0.6 is 0 Å². The van der Waals surface area contributed by atoms with Gasteiger partial charge in [-0.15, -0.1) is 13.2 Å². The lowest BCUT2D eigenvalue weighted by Gasteiger charge is -1.90. The minimum Gasteiger partial charge on any atom is -0.450 e. The molecule has 5 nitrogen and oxygen atoms in total. The van der Waals surface area contributed by atoms with Crippen molar-refractivity contribution < 1.29 is 25.2 Å². The molecule has 0 fully saturated rings. The molecule has 0 amide bonds. The van der Waals surface area contributed by atoms with Crippen LogP contribution < -0.4 is 0 Å². The number of hydrogen-bond acceptors (Lipinski definition) is 3. The summed E-state index contributed by atoms with van der Waals surface area (Å²) in [6.45, 7) is 7.39. The normalized spacial score (nSPS) is 9.36. The predicted molar refractivity (Wildman–Crippen MR) is 40.7 cm³/mol. The Labute approximate surface area is 65.2 Å². The lowest BCUT2D eigenvalue weighted by Crippen LogP contribution is -2.03. The molecule has 5 heteroatoms. The van der Waals surface area contributed by atoms with Crippen molar-refractivity contribution in [3.05, 3.63) is 13.2 Å². The summed E-state index contributed by atoms with van der Waals surface area (Å²) >= 11 is 0. The molecule has 68 valence electrons. The lowest BCUT2D eigenvalue weighted by molar-refractivity contribution is 0.110. The van der Waals surface area contributed by atoms with Crippen LogP contribution in [0.2, 0.25) is 0 Å². The van der Waals surface area contributed by atoms with Crippen molar-refractivity contribution in [2.45, 2.75) is 13.0 Å². The molecule has 0 aromatic heterocycles. The number of aliphatic hydroxyl groups excluding tert-OH is 2. The summed E-state index contributed by atoms with van der Waals surface area (Å²) in [4.78, 5) is 8.56. The highest BCUT2D eigenvalue weighted by Gasteiger charge is 1.83. The van der Waals surface area contributed by atoms with E-state index in [9.17, 15) is 0 Å². The quantitative estimate of drug-likeness (QED) is 0.422. The van der Waals surface area contributed by atoms with Crippen LogP contribution in [0.1, 0.15) is 6.92 Å².